The van der Waals surface area contributed by atoms with Gasteiger partial charge in [0.05, 0.1) is 17.9 Å². The number of aromatic nitrogens is 1. The highest BCUT2D eigenvalue weighted by Crippen LogP contribution is 2.25. The summed E-state index contributed by atoms with van der Waals surface area (Å²) in [6.45, 7) is 11.1. The zero-order chi connectivity index (χ0) is 16.8. The molecular weight excluding hydrogens is 282 g/mol. The molecule has 2 rings (SSSR count). The lowest BCUT2D eigenvalue weighted by molar-refractivity contribution is 0.983. The second kappa shape index (κ2) is 7.82. The van der Waals surface area contributed by atoms with E-state index in [-0.39, 0.29) is 0 Å². The van der Waals surface area contributed by atoms with Crippen LogP contribution in [0.5, 0.6) is 0 Å². The van der Waals surface area contributed by atoms with E-state index in [0.717, 1.165) is 29.2 Å². The fraction of sp³-hybridized carbons (Fsp3) is 0.350. The number of nitrogens with zero attached hydrogens (tertiary/aromatic N) is 3. The fourth-order valence-electron chi connectivity index (χ4n) is 2.71. The molecule has 3 heteroatoms. The van der Waals surface area contributed by atoms with Crippen LogP contribution in [0.4, 0.5) is 5.69 Å². The lowest BCUT2D eigenvalue weighted by atomic mass is 10.1. The lowest BCUT2D eigenvalue weighted by Gasteiger charge is -2.08. The Bertz CT molecular complexity index is 705. The molecule has 1 aromatic carbocycles. The van der Waals surface area contributed by atoms with Gasteiger partial charge >= 0.3 is 0 Å². The van der Waals surface area contributed by atoms with Gasteiger partial charge in [-0.05, 0) is 57.9 Å². The van der Waals surface area contributed by atoms with Crippen molar-refractivity contribution in [3.63, 3.8) is 0 Å². The third kappa shape index (κ3) is 5.13. The number of rotatable bonds is 5. The normalized spacial score (nSPS) is 12.6. The van der Waals surface area contributed by atoms with Crippen LogP contribution in [0.1, 0.15) is 42.7 Å². The maximum absolute atomic E-state index is 4.81. The van der Waals surface area contributed by atoms with Crippen molar-refractivity contribution in [1.29, 1.82) is 0 Å². The van der Waals surface area contributed by atoms with Crippen molar-refractivity contribution < 1.29 is 0 Å². The van der Waals surface area contributed by atoms with Gasteiger partial charge in [-0.1, -0.05) is 23.8 Å². The van der Waals surface area contributed by atoms with E-state index < -0.39 is 0 Å². The Labute approximate surface area is 139 Å². The van der Waals surface area contributed by atoms with Crippen molar-refractivity contribution in [2.75, 3.05) is 0 Å². The van der Waals surface area contributed by atoms with Gasteiger partial charge in [-0.2, -0.15) is 0 Å². The molecule has 1 aromatic heterocycles. The highest BCUT2D eigenvalue weighted by molar-refractivity contribution is 6.03. The molecule has 0 fully saturated rings. The van der Waals surface area contributed by atoms with E-state index in [0.29, 0.717) is 6.54 Å². The van der Waals surface area contributed by atoms with Gasteiger partial charge < -0.3 is 0 Å². The highest BCUT2D eigenvalue weighted by Gasteiger charge is 2.04. The fourth-order valence-corrected chi connectivity index (χ4v) is 2.71. The van der Waals surface area contributed by atoms with Crippen LogP contribution in [0.15, 0.2) is 46.5 Å². The molecule has 0 N–H and O–H groups in total. The first kappa shape index (κ1) is 17.1. The van der Waals surface area contributed by atoms with Crippen LogP contribution < -0.4 is 0 Å². The average molecular weight is 307 g/mol. The molecule has 120 valence electrons. The smallest absolute Gasteiger partial charge is 0.0811 e. The van der Waals surface area contributed by atoms with Crippen LogP contribution in [0.3, 0.4) is 0 Å². The van der Waals surface area contributed by atoms with Crippen LogP contribution in [-0.2, 0) is 6.54 Å². The van der Waals surface area contributed by atoms with Crippen molar-refractivity contribution in [2.24, 2.45) is 9.98 Å². The minimum Gasteiger partial charge on any atom is -0.288 e. The SMILES string of the molecule is CC(CC(C)=Nc1c(C)cc(C)cc1C)=NCc1ccccn1. The summed E-state index contributed by atoms with van der Waals surface area (Å²) in [5.41, 5.74) is 7.98. The first-order valence-corrected chi connectivity index (χ1v) is 7.97. The predicted molar refractivity (Wildman–Crippen MR) is 99.1 cm³/mol. The largest absolute Gasteiger partial charge is 0.288 e. The number of aliphatic imine (C=N–C) groups is 2. The van der Waals surface area contributed by atoms with Crippen LogP contribution >= 0.6 is 0 Å². The minimum absolute atomic E-state index is 0.628. The van der Waals surface area contributed by atoms with Gasteiger partial charge in [-0.15, -0.1) is 0 Å². The summed E-state index contributed by atoms with van der Waals surface area (Å²) >= 11 is 0. The summed E-state index contributed by atoms with van der Waals surface area (Å²) in [7, 11) is 0. The molecule has 0 aliphatic heterocycles. The molecule has 0 bridgehead atoms. The third-order valence-electron chi connectivity index (χ3n) is 3.69. The first-order chi connectivity index (χ1) is 11.0. The molecule has 0 radical (unpaired) electrons. The van der Waals surface area contributed by atoms with E-state index in [1.807, 2.05) is 18.2 Å². The first-order valence-electron chi connectivity index (χ1n) is 7.97. The van der Waals surface area contributed by atoms with E-state index in [1.165, 1.54) is 16.7 Å². The van der Waals surface area contributed by atoms with E-state index >= 15 is 0 Å². The summed E-state index contributed by atoms with van der Waals surface area (Å²) in [5, 5.41) is 0. The Morgan fingerprint density at radius 3 is 2.30 bits per heavy atom. The number of benzene rings is 1. The standard InChI is InChI=1S/C20H25N3/c1-14-10-15(2)20(16(3)11-14)23-18(5)12-17(4)22-13-19-8-6-7-9-21-19/h6-11H,12-13H2,1-5H3. The van der Waals surface area contributed by atoms with Gasteiger partial charge in [0, 0.05) is 24.0 Å². The maximum atomic E-state index is 4.81. The van der Waals surface area contributed by atoms with Crippen LogP contribution in [0.2, 0.25) is 0 Å². The summed E-state index contributed by atoms with van der Waals surface area (Å²) in [6, 6.07) is 10.3. The summed E-state index contributed by atoms with van der Waals surface area (Å²) in [5.74, 6) is 0. The number of hydrogen-bond donors (Lipinski definition) is 0. The van der Waals surface area contributed by atoms with Crippen molar-refractivity contribution in [1.82, 2.24) is 4.98 Å². The van der Waals surface area contributed by atoms with Crippen molar-refractivity contribution in [3.05, 3.63) is 58.9 Å². The molecule has 0 saturated carbocycles. The summed E-state index contributed by atoms with van der Waals surface area (Å²) < 4.78 is 0. The second-order valence-electron chi connectivity index (χ2n) is 6.14. The highest BCUT2D eigenvalue weighted by atomic mass is 14.8. The second-order valence-corrected chi connectivity index (χ2v) is 6.14. The number of pyridine rings is 1. The molecule has 0 unspecified atom stereocenters. The van der Waals surface area contributed by atoms with Crippen LogP contribution in [-0.4, -0.2) is 16.4 Å². The van der Waals surface area contributed by atoms with E-state index in [1.54, 1.807) is 6.20 Å². The average Bonchev–Trinajstić information content (AvgIpc) is 2.50. The molecule has 0 amide bonds. The molecule has 0 atom stereocenters. The van der Waals surface area contributed by atoms with Crippen molar-refractivity contribution in [3.8, 4) is 0 Å². The Hall–Kier alpha value is -2.29. The van der Waals surface area contributed by atoms with E-state index in [9.17, 15) is 0 Å². The minimum atomic E-state index is 0.628. The van der Waals surface area contributed by atoms with Gasteiger partial charge in [-0.3, -0.25) is 15.0 Å². The lowest BCUT2D eigenvalue weighted by Crippen LogP contribution is -2.02. The van der Waals surface area contributed by atoms with Gasteiger partial charge in [0.25, 0.3) is 0 Å². The predicted octanol–water partition coefficient (Wildman–Crippen LogP) is 5.15. The molecule has 0 aliphatic rings. The van der Waals surface area contributed by atoms with E-state index in [2.05, 4.69) is 56.7 Å². The van der Waals surface area contributed by atoms with Gasteiger partial charge in [0.1, 0.15) is 0 Å². The summed E-state index contributed by atoms with van der Waals surface area (Å²) in [4.78, 5) is 13.7. The van der Waals surface area contributed by atoms with Crippen molar-refractivity contribution >= 4 is 17.1 Å². The van der Waals surface area contributed by atoms with Gasteiger partial charge in [0.15, 0.2) is 0 Å². The molecule has 0 aliphatic carbocycles. The third-order valence-corrected chi connectivity index (χ3v) is 3.69. The van der Waals surface area contributed by atoms with Crippen LogP contribution in [0, 0.1) is 20.8 Å². The molecule has 23 heavy (non-hydrogen) atoms. The number of aryl methyl sites for hydroxylation is 3. The Kier molecular flexibility index (Phi) is 5.80. The molecule has 0 saturated heterocycles. The Morgan fingerprint density at radius 1 is 1.00 bits per heavy atom. The topological polar surface area (TPSA) is 37.6 Å². The van der Waals surface area contributed by atoms with Gasteiger partial charge in [0.2, 0.25) is 0 Å². The van der Waals surface area contributed by atoms with Crippen LogP contribution in [0.25, 0.3) is 0 Å². The molecular formula is C20H25N3. The monoisotopic (exact) mass is 307 g/mol. The number of hydrogen-bond acceptors (Lipinski definition) is 3. The van der Waals surface area contributed by atoms with E-state index in [4.69, 9.17) is 4.99 Å². The van der Waals surface area contributed by atoms with Gasteiger partial charge in [-0.25, -0.2) is 0 Å². The quantitative estimate of drug-likeness (QED) is 0.704. The molecule has 0 spiro atoms. The molecule has 3 nitrogen and oxygen atoms in total. The maximum Gasteiger partial charge on any atom is 0.0811 e. The Balaban J connectivity index is 2.07. The summed E-state index contributed by atoms with van der Waals surface area (Å²) in [6.07, 6.45) is 2.59. The zero-order valence-corrected chi connectivity index (χ0v) is 14.7. The Morgan fingerprint density at radius 2 is 1.70 bits per heavy atom. The zero-order valence-electron chi connectivity index (χ0n) is 14.7. The molecule has 2 aromatic rings. The molecule has 1 heterocycles. The van der Waals surface area contributed by atoms with Crippen molar-refractivity contribution in [2.45, 2.75) is 47.6 Å².